The molecule has 7 nitrogen and oxygen atoms in total. The van der Waals surface area contributed by atoms with E-state index in [-0.39, 0.29) is 16.4 Å². The summed E-state index contributed by atoms with van der Waals surface area (Å²) in [6.45, 7) is 1.02. The van der Waals surface area contributed by atoms with E-state index < -0.39 is 15.9 Å². The van der Waals surface area contributed by atoms with Gasteiger partial charge in [-0.15, -0.1) is 0 Å². The number of carbonyl (C=O) groups excluding carboxylic acids is 2. The Labute approximate surface area is 171 Å². The third-order valence-corrected chi connectivity index (χ3v) is 6.83. The molecule has 0 unspecified atom stereocenters. The van der Waals surface area contributed by atoms with Crippen LogP contribution < -0.4 is 10.6 Å². The van der Waals surface area contributed by atoms with Crippen LogP contribution in [0.1, 0.15) is 46.4 Å². The first-order valence-electron chi connectivity index (χ1n) is 9.65. The molecule has 0 atom stereocenters. The Morgan fingerprint density at radius 1 is 0.862 bits per heavy atom. The number of hydrogen-bond donors (Lipinski definition) is 2. The molecule has 1 saturated heterocycles. The Hall–Kier alpha value is -2.71. The molecule has 0 spiro atoms. The van der Waals surface area contributed by atoms with Crippen molar-refractivity contribution in [2.24, 2.45) is 0 Å². The summed E-state index contributed by atoms with van der Waals surface area (Å²) in [5.41, 5.74) is 1.26. The summed E-state index contributed by atoms with van der Waals surface area (Å²) >= 11 is 0. The molecule has 8 heteroatoms. The van der Waals surface area contributed by atoms with Crippen molar-refractivity contribution >= 4 is 27.5 Å². The number of amides is 2. The zero-order valence-electron chi connectivity index (χ0n) is 16.3. The van der Waals surface area contributed by atoms with Crippen LogP contribution in [0.5, 0.6) is 0 Å². The molecule has 0 aliphatic carbocycles. The highest BCUT2D eigenvalue weighted by molar-refractivity contribution is 7.89. The van der Waals surface area contributed by atoms with E-state index >= 15 is 0 Å². The molecular formula is C21H25N3O4S. The maximum Gasteiger partial charge on any atom is 0.255 e. The SMILES string of the molecule is CNC(=O)c1ccc(NC(=O)c2cccc(S(=O)(=O)N3CCCCCC3)c2)cc1. The molecule has 0 saturated carbocycles. The molecule has 1 fully saturated rings. The summed E-state index contributed by atoms with van der Waals surface area (Å²) in [5, 5.41) is 5.26. The molecule has 1 heterocycles. The predicted octanol–water partition coefficient (Wildman–Crippen LogP) is 2.86. The first-order chi connectivity index (χ1) is 13.9. The fraction of sp³-hybridized carbons (Fsp3) is 0.333. The summed E-state index contributed by atoms with van der Waals surface area (Å²) in [5.74, 6) is -0.625. The van der Waals surface area contributed by atoms with Crippen LogP contribution in [0.15, 0.2) is 53.4 Å². The van der Waals surface area contributed by atoms with Gasteiger partial charge < -0.3 is 10.6 Å². The van der Waals surface area contributed by atoms with Crippen molar-refractivity contribution in [2.75, 3.05) is 25.5 Å². The topological polar surface area (TPSA) is 95.6 Å². The van der Waals surface area contributed by atoms with Crippen LogP contribution >= 0.6 is 0 Å². The molecule has 2 aromatic carbocycles. The highest BCUT2D eigenvalue weighted by Gasteiger charge is 2.25. The van der Waals surface area contributed by atoms with Crippen LogP contribution in [0.25, 0.3) is 0 Å². The van der Waals surface area contributed by atoms with Gasteiger partial charge in [-0.1, -0.05) is 18.9 Å². The lowest BCUT2D eigenvalue weighted by molar-refractivity contribution is 0.0962. The zero-order chi connectivity index (χ0) is 20.9. The summed E-state index contributed by atoms with van der Waals surface area (Å²) < 4.78 is 27.4. The predicted molar refractivity (Wildman–Crippen MR) is 111 cm³/mol. The van der Waals surface area contributed by atoms with Gasteiger partial charge >= 0.3 is 0 Å². The Balaban J connectivity index is 1.76. The van der Waals surface area contributed by atoms with Crippen molar-refractivity contribution in [3.05, 3.63) is 59.7 Å². The quantitative estimate of drug-likeness (QED) is 0.785. The number of rotatable bonds is 5. The second-order valence-corrected chi connectivity index (χ2v) is 8.89. The number of carbonyl (C=O) groups is 2. The average molecular weight is 416 g/mol. The number of nitrogens with one attached hydrogen (secondary N) is 2. The van der Waals surface area contributed by atoms with Gasteiger partial charge in [0.2, 0.25) is 10.0 Å². The van der Waals surface area contributed by atoms with Gasteiger partial charge in [-0.25, -0.2) is 8.42 Å². The monoisotopic (exact) mass is 415 g/mol. The van der Waals surface area contributed by atoms with Crippen molar-refractivity contribution in [2.45, 2.75) is 30.6 Å². The van der Waals surface area contributed by atoms with E-state index in [9.17, 15) is 18.0 Å². The van der Waals surface area contributed by atoms with Gasteiger partial charge in [-0.05, 0) is 55.3 Å². The molecule has 154 valence electrons. The average Bonchev–Trinajstić information content (AvgIpc) is 3.04. The van der Waals surface area contributed by atoms with Gasteiger partial charge in [0.25, 0.3) is 11.8 Å². The molecule has 0 radical (unpaired) electrons. The summed E-state index contributed by atoms with van der Waals surface area (Å²) in [6, 6.07) is 12.6. The smallest absolute Gasteiger partial charge is 0.255 e. The van der Waals surface area contributed by atoms with E-state index in [2.05, 4.69) is 10.6 Å². The van der Waals surface area contributed by atoms with Gasteiger partial charge in [0.1, 0.15) is 0 Å². The normalized spacial score (nSPS) is 15.3. The van der Waals surface area contributed by atoms with Crippen molar-refractivity contribution in [1.29, 1.82) is 0 Å². The van der Waals surface area contributed by atoms with Crippen molar-refractivity contribution < 1.29 is 18.0 Å². The van der Waals surface area contributed by atoms with Gasteiger partial charge in [-0.3, -0.25) is 9.59 Å². The Morgan fingerprint density at radius 3 is 2.14 bits per heavy atom. The fourth-order valence-corrected chi connectivity index (χ4v) is 4.84. The van der Waals surface area contributed by atoms with Crippen LogP contribution in [0.4, 0.5) is 5.69 Å². The largest absolute Gasteiger partial charge is 0.355 e. The van der Waals surface area contributed by atoms with E-state index in [1.54, 1.807) is 43.4 Å². The Morgan fingerprint density at radius 2 is 1.52 bits per heavy atom. The maximum absolute atomic E-state index is 13.0. The minimum absolute atomic E-state index is 0.127. The lowest BCUT2D eigenvalue weighted by Gasteiger charge is -2.20. The summed E-state index contributed by atoms with van der Waals surface area (Å²) in [6.07, 6.45) is 3.78. The fourth-order valence-electron chi connectivity index (χ4n) is 3.28. The zero-order valence-corrected chi connectivity index (χ0v) is 17.2. The van der Waals surface area contributed by atoms with Gasteiger partial charge in [0.05, 0.1) is 4.90 Å². The van der Waals surface area contributed by atoms with Crippen molar-refractivity contribution in [1.82, 2.24) is 9.62 Å². The lowest BCUT2D eigenvalue weighted by atomic mass is 10.1. The van der Waals surface area contributed by atoms with E-state index in [0.717, 1.165) is 25.7 Å². The third kappa shape index (κ3) is 5.02. The summed E-state index contributed by atoms with van der Waals surface area (Å²) in [4.78, 5) is 24.3. The van der Waals surface area contributed by atoms with Gasteiger partial charge in [-0.2, -0.15) is 4.31 Å². The highest BCUT2D eigenvalue weighted by Crippen LogP contribution is 2.21. The standard InChI is InChI=1S/C21H25N3O4S/c1-22-20(25)16-9-11-18(12-10-16)23-21(26)17-7-6-8-19(15-17)29(27,28)24-13-4-2-3-5-14-24/h6-12,15H,2-5,13-14H2,1H3,(H,22,25)(H,23,26). The van der Waals surface area contributed by atoms with Crippen LogP contribution in [0.2, 0.25) is 0 Å². The molecule has 0 bridgehead atoms. The van der Waals surface area contributed by atoms with E-state index in [4.69, 9.17) is 0 Å². The molecule has 0 aromatic heterocycles. The first-order valence-corrected chi connectivity index (χ1v) is 11.1. The minimum atomic E-state index is -3.62. The van der Waals surface area contributed by atoms with E-state index in [0.29, 0.717) is 24.3 Å². The van der Waals surface area contributed by atoms with Crippen molar-refractivity contribution in [3.63, 3.8) is 0 Å². The first kappa shape index (κ1) is 21.0. The molecule has 2 amide bonds. The minimum Gasteiger partial charge on any atom is -0.355 e. The third-order valence-electron chi connectivity index (χ3n) is 4.93. The number of nitrogens with zero attached hydrogens (tertiary/aromatic N) is 1. The van der Waals surface area contributed by atoms with Gasteiger partial charge in [0.15, 0.2) is 0 Å². The van der Waals surface area contributed by atoms with E-state index in [1.165, 1.54) is 16.4 Å². The summed E-state index contributed by atoms with van der Waals surface area (Å²) in [7, 11) is -2.08. The Bertz CT molecular complexity index is 979. The lowest BCUT2D eigenvalue weighted by Crippen LogP contribution is -2.32. The molecular weight excluding hydrogens is 390 g/mol. The van der Waals surface area contributed by atoms with E-state index in [1.807, 2.05) is 0 Å². The molecule has 3 rings (SSSR count). The molecule has 2 N–H and O–H groups in total. The number of sulfonamides is 1. The van der Waals surface area contributed by atoms with Crippen LogP contribution in [-0.4, -0.2) is 44.7 Å². The van der Waals surface area contributed by atoms with Crippen LogP contribution in [-0.2, 0) is 10.0 Å². The number of anilines is 1. The molecule has 1 aliphatic heterocycles. The number of hydrogen-bond acceptors (Lipinski definition) is 4. The Kier molecular flexibility index (Phi) is 6.66. The number of benzene rings is 2. The van der Waals surface area contributed by atoms with Crippen molar-refractivity contribution in [3.8, 4) is 0 Å². The molecule has 2 aromatic rings. The second-order valence-electron chi connectivity index (χ2n) is 6.96. The highest BCUT2D eigenvalue weighted by atomic mass is 32.2. The van der Waals surface area contributed by atoms with Gasteiger partial charge in [0, 0.05) is 37.0 Å². The maximum atomic E-state index is 13.0. The van der Waals surface area contributed by atoms with Crippen LogP contribution in [0, 0.1) is 0 Å². The molecule has 29 heavy (non-hydrogen) atoms. The second kappa shape index (κ2) is 9.19. The van der Waals surface area contributed by atoms with Crippen LogP contribution in [0.3, 0.4) is 0 Å². The molecule has 1 aliphatic rings.